The van der Waals surface area contributed by atoms with Crippen molar-refractivity contribution in [2.45, 2.75) is 45.6 Å². The zero-order valence-corrected chi connectivity index (χ0v) is 17.3. The summed E-state index contributed by atoms with van der Waals surface area (Å²) in [6.45, 7) is 7.17. The van der Waals surface area contributed by atoms with Gasteiger partial charge < -0.3 is 14.4 Å². The molecule has 2 aromatic rings. The Labute approximate surface area is 171 Å². The lowest BCUT2D eigenvalue weighted by Crippen LogP contribution is -2.53. The van der Waals surface area contributed by atoms with Crippen molar-refractivity contribution in [3.8, 4) is 11.5 Å². The van der Waals surface area contributed by atoms with E-state index in [9.17, 15) is 9.59 Å². The lowest BCUT2D eigenvalue weighted by atomic mass is 9.82. The van der Waals surface area contributed by atoms with E-state index in [4.69, 9.17) is 9.47 Å². The molecule has 5 nitrogen and oxygen atoms in total. The number of benzene rings is 2. The maximum Gasteiger partial charge on any atom is 0.260 e. The number of rotatable bonds is 3. The van der Waals surface area contributed by atoms with Gasteiger partial charge in [-0.1, -0.05) is 17.7 Å². The van der Waals surface area contributed by atoms with Crippen molar-refractivity contribution in [1.29, 1.82) is 0 Å². The van der Waals surface area contributed by atoms with Crippen molar-refractivity contribution in [1.82, 2.24) is 4.90 Å². The number of carbonyl (C=O) groups is 2. The fourth-order valence-corrected chi connectivity index (χ4v) is 4.30. The molecule has 2 aliphatic heterocycles. The molecule has 2 heterocycles. The first kappa shape index (κ1) is 19.5. The van der Waals surface area contributed by atoms with Crippen LogP contribution in [0.5, 0.6) is 11.5 Å². The van der Waals surface area contributed by atoms with Gasteiger partial charge in [0, 0.05) is 25.9 Å². The fourth-order valence-electron chi connectivity index (χ4n) is 4.30. The monoisotopic (exact) mass is 393 g/mol. The highest BCUT2D eigenvalue weighted by Gasteiger charge is 2.43. The number of hydrogen-bond acceptors (Lipinski definition) is 4. The van der Waals surface area contributed by atoms with Gasteiger partial charge in [0.1, 0.15) is 17.1 Å². The predicted molar refractivity (Wildman–Crippen MR) is 111 cm³/mol. The fraction of sp³-hybridized carbons (Fsp3) is 0.417. The third-order valence-corrected chi connectivity index (χ3v) is 5.83. The van der Waals surface area contributed by atoms with E-state index in [-0.39, 0.29) is 18.3 Å². The van der Waals surface area contributed by atoms with Gasteiger partial charge in [-0.25, -0.2) is 0 Å². The number of piperidine rings is 1. The summed E-state index contributed by atoms with van der Waals surface area (Å²) in [6, 6.07) is 11.7. The summed E-state index contributed by atoms with van der Waals surface area (Å²) < 4.78 is 12.0. The summed E-state index contributed by atoms with van der Waals surface area (Å²) in [5, 5.41) is 0. The van der Waals surface area contributed by atoms with E-state index in [2.05, 4.69) is 6.07 Å². The molecule has 2 aromatic carbocycles. The second kappa shape index (κ2) is 7.54. The summed E-state index contributed by atoms with van der Waals surface area (Å²) in [7, 11) is 0. The number of aryl methyl sites for hydroxylation is 3. The summed E-state index contributed by atoms with van der Waals surface area (Å²) in [5.74, 6) is 1.49. The number of nitrogens with zero attached hydrogens (tertiary/aromatic N) is 1. The zero-order chi connectivity index (χ0) is 20.6. The number of carbonyl (C=O) groups excluding carboxylic acids is 2. The molecule has 0 aliphatic carbocycles. The largest absolute Gasteiger partial charge is 0.486 e. The van der Waals surface area contributed by atoms with Crippen LogP contribution < -0.4 is 9.47 Å². The van der Waals surface area contributed by atoms with Crippen molar-refractivity contribution in [2.24, 2.45) is 0 Å². The standard InChI is InChI=1S/C24H27NO4/c1-16-4-5-22-20(13-16)21(26)14-24(29-22)6-8-25(9-7-24)23(27)15-28-19-11-17(2)10-18(3)12-19/h4-5,10-13H,6-9,14-15H2,1-3H3. The van der Waals surface area contributed by atoms with E-state index in [1.165, 1.54) is 0 Å². The summed E-state index contributed by atoms with van der Waals surface area (Å²) in [5.41, 5.74) is 3.46. The topological polar surface area (TPSA) is 55.8 Å². The van der Waals surface area contributed by atoms with Crippen LogP contribution in [0.4, 0.5) is 0 Å². The number of Topliss-reactive ketones (excluding diaryl/α,β-unsaturated/α-hetero) is 1. The van der Waals surface area contributed by atoms with Gasteiger partial charge in [-0.05, 0) is 56.2 Å². The molecule has 2 aliphatic rings. The van der Waals surface area contributed by atoms with Crippen LogP contribution in [0.2, 0.25) is 0 Å². The lowest BCUT2D eigenvalue weighted by molar-refractivity contribution is -0.136. The van der Waals surface area contributed by atoms with E-state index >= 15 is 0 Å². The molecular weight excluding hydrogens is 366 g/mol. The Kier molecular flexibility index (Phi) is 5.07. The van der Waals surface area contributed by atoms with Crippen LogP contribution in [0.1, 0.15) is 46.3 Å². The second-order valence-corrected chi connectivity index (χ2v) is 8.38. The Morgan fingerprint density at radius 3 is 2.41 bits per heavy atom. The maximum atomic E-state index is 12.7. The van der Waals surface area contributed by atoms with Crippen molar-refractivity contribution in [2.75, 3.05) is 19.7 Å². The normalized spacial score (nSPS) is 17.6. The Morgan fingerprint density at radius 1 is 1.03 bits per heavy atom. The molecule has 4 rings (SSSR count). The number of ketones is 1. The molecule has 0 N–H and O–H groups in total. The quantitative estimate of drug-likeness (QED) is 0.790. The van der Waals surface area contributed by atoms with Crippen LogP contribution in [0, 0.1) is 20.8 Å². The molecule has 0 bridgehead atoms. The van der Waals surface area contributed by atoms with E-state index in [0.29, 0.717) is 43.7 Å². The van der Waals surface area contributed by atoms with E-state index < -0.39 is 5.60 Å². The highest BCUT2D eigenvalue weighted by atomic mass is 16.5. The van der Waals surface area contributed by atoms with Gasteiger partial charge in [-0.2, -0.15) is 0 Å². The number of ether oxygens (including phenoxy) is 2. The summed E-state index contributed by atoms with van der Waals surface area (Å²) in [6.07, 6.45) is 1.69. The van der Waals surface area contributed by atoms with Crippen molar-refractivity contribution < 1.29 is 19.1 Å². The highest BCUT2D eigenvalue weighted by Crippen LogP contribution is 2.39. The first-order chi connectivity index (χ1) is 13.8. The van der Waals surface area contributed by atoms with Crippen molar-refractivity contribution in [3.05, 3.63) is 58.7 Å². The molecule has 1 amide bonds. The lowest BCUT2D eigenvalue weighted by Gasteiger charge is -2.44. The third kappa shape index (κ3) is 4.14. The summed E-state index contributed by atoms with van der Waals surface area (Å²) in [4.78, 5) is 27.1. The average Bonchev–Trinajstić information content (AvgIpc) is 2.67. The molecule has 0 atom stereocenters. The van der Waals surface area contributed by atoms with E-state index in [0.717, 1.165) is 22.4 Å². The van der Waals surface area contributed by atoms with Crippen LogP contribution in [0.3, 0.4) is 0 Å². The van der Waals surface area contributed by atoms with Gasteiger partial charge in [0.2, 0.25) is 0 Å². The molecule has 0 aromatic heterocycles. The van der Waals surface area contributed by atoms with Gasteiger partial charge in [0.15, 0.2) is 12.4 Å². The van der Waals surface area contributed by atoms with Crippen molar-refractivity contribution >= 4 is 11.7 Å². The van der Waals surface area contributed by atoms with Gasteiger partial charge in [-0.15, -0.1) is 0 Å². The Balaban J connectivity index is 1.36. The van der Waals surface area contributed by atoms with Crippen molar-refractivity contribution in [3.63, 3.8) is 0 Å². The van der Waals surface area contributed by atoms with Gasteiger partial charge in [0.05, 0.1) is 12.0 Å². The molecule has 29 heavy (non-hydrogen) atoms. The SMILES string of the molecule is Cc1cc(C)cc(OCC(=O)N2CCC3(CC2)CC(=O)c2cc(C)ccc2O3)c1. The molecule has 5 heteroatoms. The van der Waals surface area contributed by atoms with E-state index in [1.54, 1.807) is 0 Å². The molecule has 1 spiro atoms. The molecule has 1 fully saturated rings. The minimum absolute atomic E-state index is 0.0256. The van der Waals surface area contributed by atoms with Crippen LogP contribution in [-0.4, -0.2) is 41.9 Å². The molecule has 0 radical (unpaired) electrons. The Hall–Kier alpha value is -2.82. The van der Waals surface area contributed by atoms with Crippen LogP contribution in [0.15, 0.2) is 36.4 Å². The average molecular weight is 393 g/mol. The minimum Gasteiger partial charge on any atom is -0.486 e. The first-order valence-electron chi connectivity index (χ1n) is 10.2. The number of amides is 1. The van der Waals surface area contributed by atoms with Gasteiger partial charge in [0.25, 0.3) is 5.91 Å². The van der Waals surface area contributed by atoms with Crippen LogP contribution in [-0.2, 0) is 4.79 Å². The smallest absolute Gasteiger partial charge is 0.260 e. The van der Waals surface area contributed by atoms with Gasteiger partial charge >= 0.3 is 0 Å². The predicted octanol–water partition coefficient (Wildman–Crippen LogP) is 4.02. The second-order valence-electron chi connectivity index (χ2n) is 8.38. The third-order valence-electron chi connectivity index (χ3n) is 5.83. The number of hydrogen-bond donors (Lipinski definition) is 0. The van der Waals surface area contributed by atoms with E-state index in [1.807, 2.05) is 56.0 Å². The zero-order valence-electron chi connectivity index (χ0n) is 17.3. The highest BCUT2D eigenvalue weighted by molar-refractivity contribution is 6.00. The minimum atomic E-state index is -0.495. The molecular formula is C24H27NO4. The first-order valence-corrected chi connectivity index (χ1v) is 10.2. The molecule has 1 saturated heterocycles. The number of likely N-dealkylation sites (tertiary alicyclic amines) is 1. The maximum absolute atomic E-state index is 12.7. The van der Waals surface area contributed by atoms with Crippen LogP contribution in [0.25, 0.3) is 0 Å². The van der Waals surface area contributed by atoms with Crippen LogP contribution >= 0.6 is 0 Å². The Morgan fingerprint density at radius 2 is 1.72 bits per heavy atom. The molecule has 0 unspecified atom stereocenters. The summed E-state index contributed by atoms with van der Waals surface area (Å²) >= 11 is 0. The Bertz CT molecular complexity index is 937. The molecule has 152 valence electrons. The number of fused-ring (bicyclic) bond motifs is 1. The molecule has 0 saturated carbocycles. The van der Waals surface area contributed by atoms with Gasteiger partial charge in [-0.3, -0.25) is 9.59 Å².